The molecule has 0 amide bonds. The Balaban J connectivity index is -0.000000533. The second kappa shape index (κ2) is 17.8. The average molecular weight is 364 g/mol. The monoisotopic (exact) mass is 363 g/mol. The van der Waals surface area contributed by atoms with Crippen molar-refractivity contribution < 1.29 is 13.2 Å². The molecule has 2 rings (SSSR count). The van der Waals surface area contributed by atoms with Gasteiger partial charge >= 0.3 is 6.18 Å². The zero-order valence-electron chi connectivity index (χ0n) is 17.8. The number of likely N-dealkylation sites (tertiary alicyclic amines) is 1. The Hall–Kier alpha value is -1.03. The van der Waals surface area contributed by atoms with Gasteiger partial charge in [0.05, 0.1) is 5.56 Å². The first-order chi connectivity index (χ1) is 11.9. The number of benzene rings is 1. The molecule has 4 heteroatoms. The molecule has 0 aromatic heterocycles. The van der Waals surface area contributed by atoms with Crippen LogP contribution in [-0.2, 0) is 12.7 Å². The molecular formula is C21H40F3N. The van der Waals surface area contributed by atoms with Crippen LogP contribution in [0.1, 0.15) is 84.9 Å². The third-order valence-corrected chi connectivity index (χ3v) is 3.07. The molecule has 0 N–H and O–H groups in total. The zero-order chi connectivity index (χ0) is 20.5. The Morgan fingerprint density at radius 3 is 1.64 bits per heavy atom. The number of aryl methyl sites for hydroxylation is 1. The maximum atomic E-state index is 12.6. The van der Waals surface area contributed by atoms with E-state index >= 15 is 0 Å². The molecule has 0 aliphatic carbocycles. The Morgan fingerprint density at radius 2 is 1.24 bits per heavy atom. The van der Waals surface area contributed by atoms with Gasteiger partial charge in [-0.3, -0.25) is 4.90 Å². The lowest BCUT2D eigenvalue weighted by atomic mass is 10.1. The summed E-state index contributed by atoms with van der Waals surface area (Å²) in [7, 11) is 0. The molecule has 0 saturated carbocycles. The van der Waals surface area contributed by atoms with E-state index in [2.05, 4.69) is 4.90 Å². The fraction of sp³-hybridized carbons (Fsp3) is 0.714. The molecule has 0 atom stereocenters. The van der Waals surface area contributed by atoms with Gasteiger partial charge in [0.25, 0.3) is 0 Å². The summed E-state index contributed by atoms with van der Waals surface area (Å²) in [6, 6.07) is 4.31. The molecule has 1 aromatic rings. The minimum atomic E-state index is -4.24. The first kappa shape index (κ1) is 28.8. The number of hydrogen-bond acceptors (Lipinski definition) is 1. The SMILES string of the molecule is CC.CC.CC.CC.Cc1cc(CN2CCCC2)cc(C(F)(F)F)c1. The van der Waals surface area contributed by atoms with Crippen LogP contribution in [0.5, 0.6) is 0 Å². The predicted molar refractivity (Wildman–Crippen MR) is 106 cm³/mol. The topological polar surface area (TPSA) is 3.24 Å². The van der Waals surface area contributed by atoms with Crippen molar-refractivity contribution in [3.05, 3.63) is 34.9 Å². The maximum absolute atomic E-state index is 12.6. The number of alkyl halides is 3. The van der Waals surface area contributed by atoms with E-state index in [1.54, 1.807) is 6.92 Å². The van der Waals surface area contributed by atoms with Crippen LogP contribution >= 0.6 is 0 Å². The van der Waals surface area contributed by atoms with Gasteiger partial charge in [-0.05, 0) is 50.6 Å². The summed E-state index contributed by atoms with van der Waals surface area (Å²) >= 11 is 0. The van der Waals surface area contributed by atoms with Crippen LogP contribution in [0.25, 0.3) is 0 Å². The van der Waals surface area contributed by atoms with Gasteiger partial charge in [0.1, 0.15) is 0 Å². The molecule has 1 fully saturated rings. The van der Waals surface area contributed by atoms with E-state index in [0.29, 0.717) is 12.1 Å². The van der Waals surface area contributed by atoms with Crippen LogP contribution in [0.4, 0.5) is 13.2 Å². The molecule has 25 heavy (non-hydrogen) atoms. The third-order valence-electron chi connectivity index (χ3n) is 3.07. The van der Waals surface area contributed by atoms with E-state index < -0.39 is 11.7 Å². The third kappa shape index (κ3) is 12.9. The fourth-order valence-electron chi connectivity index (χ4n) is 2.32. The van der Waals surface area contributed by atoms with Gasteiger partial charge in [0.2, 0.25) is 0 Å². The summed E-state index contributed by atoms with van der Waals surface area (Å²) in [5, 5.41) is 0. The number of halogens is 3. The van der Waals surface area contributed by atoms with Crippen molar-refractivity contribution in [1.82, 2.24) is 4.90 Å². The lowest BCUT2D eigenvalue weighted by Crippen LogP contribution is -2.19. The molecular weight excluding hydrogens is 323 g/mol. The molecule has 1 saturated heterocycles. The highest BCUT2D eigenvalue weighted by molar-refractivity contribution is 5.31. The minimum absolute atomic E-state index is 0.535. The Kier molecular flexibility index (Phi) is 20.5. The Morgan fingerprint density at radius 1 is 0.800 bits per heavy atom. The van der Waals surface area contributed by atoms with E-state index in [0.717, 1.165) is 31.5 Å². The van der Waals surface area contributed by atoms with Crippen molar-refractivity contribution in [1.29, 1.82) is 0 Å². The molecule has 0 spiro atoms. The van der Waals surface area contributed by atoms with Gasteiger partial charge in [-0.15, -0.1) is 0 Å². The first-order valence-electron chi connectivity index (χ1n) is 9.85. The quantitative estimate of drug-likeness (QED) is 0.520. The summed E-state index contributed by atoms with van der Waals surface area (Å²) in [6.45, 7) is 20.3. The van der Waals surface area contributed by atoms with Crippen LogP contribution in [0, 0.1) is 6.92 Å². The largest absolute Gasteiger partial charge is 0.416 e. The maximum Gasteiger partial charge on any atom is 0.416 e. The van der Waals surface area contributed by atoms with Crippen LogP contribution < -0.4 is 0 Å². The van der Waals surface area contributed by atoms with Crippen molar-refractivity contribution in [3.63, 3.8) is 0 Å². The standard InChI is InChI=1S/C13H16F3N.4C2H6/c1-10-6-11(9-17-4-2-3-5-17)8-12(7-10)13(14,15)16;4*1-2/h6-8H,2-5,9H2,1H3;4*1-2H3. The predicted octanol–water partition coefficient (Wildman–Crippen LogP) is 7.71. The average Bonchev–Trinajstić information content (AvgIpc) is 3.14. The normalized spacial score (nSPS) is 13.0. The summed E-state index contributed by atoms with van der Waals surface area (Å²) in [4.78, 5) is 2.20. The van der Waals surface area contributed by atoms with E-state index in [4.69, 9.17) is 0 Å². The highest BCUT2D eigenvalue weighted by Gasteiger charge is 2.31. The summed E-state index contributed by atoms with van der Waals surface area (Å²) in [6.07, 6.45) is -1.94. The van der Waals surface area contributed by atoms with Crippen molar-refractivity contribution in [2.75, 3.05) is 13.1 Å². The molecule has 0 radical (unpaired) electrons. The number of rotatable bonds is 2. The molecule has 150 valence electrons. The second-order valence-corrected chi connectivity index (χ2v) is 4.69. The number of nitrogens with zero attached hydrogens (tertiary/aromatic N) is 1. The van der Waals surface area contributed by atoms with Crippen LogP contribution in [0.3, 0.4) is 0 Å². The number of hydrogen-bond donors (Lipinski definition) is 0. The van der Waals surface area contributed by atoms with Gasteiger partial charge in [-0.1, -0.05) is 67.0 Å². The van der Waals surface area contributed by atoms with E-state index in [9.17, 15) is 13.2 Å². The lowest BCUT2D eigenvalue weighted by Gasteiger charge is -2.16. The van der Waals surface area contributed by atoms with Gasteiger partial charge < -0.3 is 0 Å². The minimum Gasteiger partial charge on any atom is -0.299 e. The van der Waals surface area contributed by atoms with Gasteiger partial charge in [-0.25, -0.2) is 0 Å². The summed E-state index contributed by atoms with van der Waals surface area (Å²) < 4.78 is 37.9. The van der Waals surface area contributed by atoms with Crippen molar-refractivity contribution in [2.24, 2.45) is 0 Å². The molecule has 1 nitrogen and oxygen atoms in total. The van der Waals surface area contributed by atoms with Gasteiger partial charge in [0, 0.05) is 6.54 Å². The second-order valence-electron chi connectivity index (χ2n) is 4.69. The van der Waals surface area contributed by atoms with E-state index in [-0.39, 0.29) is 0 Å². The highest BCUT2D eigenvalue weighted by Crippen LogP contribution is 2.31. The van der Waals surface area contributed by atoms with Crippen molar-refractivity contribution in [3.8, 4) is 0 Å². The Labute approximate surface area is 154 Å². The molecule has 1 aliphatic heterocycles. The Bertz CT molecular complexity index is 395. The summed E-state index contributed by atoms with van der Waals surface area (Å²) in [5.74, 6) is 0. The molecule has 0 bridgehead atoms. The zero-order valence-corrected chi connectivity index (χ0v) is 17.8. The summed E-state index contributed by atoms with van der Waals surface area (Å²) in [5.41, 5.74) is 0.903. The smallest absolute Gasteiger partial charge is 0.299 e. The van der Waals surface area contributed by atoms with Crippen molar-refractivity contribution in [2.45, 2.75) is 87.9 Å². The fourth-order valence-corrected chi connectivity index (χ4v) is 2.32. The van der Waals surface area contributed by atoms with Crippen molar-refractivity contribution >= 4 is 0 Å². The van der Waals surface area contributed by atoms with E-state index in [1.807, 2.05) is 61.5 Å². The lowest BCUT2D eigenvalue weighted by molar-refractivity contribution is -0.137. The highest BCUT2D eigenvalue weighted by atomic mass is 19.4. The molecule has 1 aliphatic rings. The van der Waals surface area contributed by atoms with Crippen LogP contribution in [-0.4, -0.2) is 18.0 Å². The molecule has 1 aromatic carbocycles. The molecule has 0 unspecified atom stereocenters. The van der Waals surface area contributed by atoms with Gasteiger partial charge in [-0.2, -0.15) is 13.2 Å². The van der Waals surface area contributed by atoms with E-state index in [1.165, 1.54) is 12.1 Å². The van der Waals surface area contributed by atoms with Crippen LogP contribution in [0.2, 0.25) is 0 Å². The first-order valence-corrected chi connectivity index (χ1v) is 9.85. The van der Waals surface area contributed by atoms with Crippen LogP contribution in [0.15, 0.2) is 18.2 Å². The van der Waals surface area contributed by atoms with Gasteiger partial charge in [0.15, 0.2) is 0 Å². The molecule has 1 heterocycles.